The first-order valence-corrected chi connectivity index (χ1v) is 23.8. The summed E-state index contributed by atoms with van der Waals surface area (Å²) in [5, 5.41) is 102. The third kappa shape index (κ3) is 11.4. The lowest BCUT2D eigenvalue weighted by Crippen LogP contribution is -2.66. The zero-order valence-electron chi connectivity index (χ0n) is 39.8. The van der Waals surface area contributed by atoms with Crippen molar-refractivity contribution in [2.75, 3.05) is 66.1 Å². The Labute approximate surface area is 384 Å². The summed E-state index contributed by atoms with van der Waals surface area (Å²) in [4.78, 5) is 28.6. The number of hydrogen-bond donors (Lipinski definition) is 10. The van der Waals surface area contributed by atoms with Crippen LogP contribution in [0.2, 0.25) is 0 Å². The molecule has 0 heterocycles. The van der Waals surface area contributed by atoms with E-state index in [1.54, 1.807) is 0 Å². The Morgan fingerprint density at radius 1 is 0.646 bits per heavy atom. The number of ether oxygens (including phenoxy) is 5. The van der Waals surface area contributed by atoms with E-state index in [1.807, 2.05) is 13.0 Å². The number of aliphatic hydroxyl groups is 10. The second kappa shape index (κ2) is 21.5. The molecule has 0 aromatic heterocycles. The molecule has 0 aromatic rings. The zero-order valence-corrected chi connectivity index (χ0v) is 39.8. The minimum Gasteiger partial charge on any atom is -0.462 e. The van der Waals surface area contributed by atoms with E-state index in [2.05, 4.69) is 41.5 Å². The molecule has 0 bridgehead atoms. The largest absolute Gasteiger partial charge is 0.462 e. The third-order valence-electron chi connectivity index (χ3n) is 17.2. The van der Waals surface area contributed by atoms with E-state index in [-0.39, 0.29) is 96.9 Å². The highest BCUT2D eigenvalue weighted by molar-refractivity contribution is 5.95. The quantitative estimate of drug-likeness (QED) is 0.0635. The Bertz CT molecular complexity index is 1630. The molecule has 17 nitrogen and oxygen atoms in total. The number of carbonyl (C=O) groups is 2. The summed E-state index contributed by atoms with van der Waals surface area (Å²) in [5.74, 6) is -0.372. The fourth-order valence-electron chi connectivity index (χ4n) is 12.9. The van der Waals surface area contributed by atoms with Gasteiger partial charge in [0.1, 0.15) is 55.4 Å². The first-order chi connectivity index (χ1) is 30.3. The van der Waals surface area contributed by atoms with E-state index in [9.17, 15) is 55.5 Å². The lowest BCUT2D eigenvalue weighted by Gasteiger charge is -2.70. The number of carbonyl (C=O) groups excluding carboxylic acids is 2. The summed E-state index contributed by atoms with van der Waals surface area (Å²) in [6, 6.07) is 0. The third-order valence-corrected chi connectivity index (χ3v) is 17.2. The van der Waals surface area contributed by atoms with Crippen LogP contribution >= 0.6 is 0 Å². The van der Waals surface area contributed by atoms with Gasteiger partial charge in [0.2, 0.25) is 0 Å². The Hall–Kier alpha value is -1.68. The Morgan fingerprint density at radius 2 is 1.14 bits per heavy atom. The Balaban J connectivity index is 1.07. The van der Waals surface area contributed by atoms with Crippen molar-refractivity contribution in [1.82, 2.24) is 0 Å². The highest BCUT2D eigenvalue weighted by atomic mass is 16.6. The van der Waals surface area contributed by atoms with Crippen molar-refractivity contribution in [3.05, 3.63) is 11.6 Å². The molecule has 5 rings (SSSR count). The smallest absolute Gasteiger partial charge is 0.311 e. The van der Waals surface area contributed by atoms with Crippen LogP contribution in [0.15, 0.2) is 11.6 Å². The van der Waals surface area contributed by atoms with Crippen molar-refractivity contribution >= 4 is 11.8 Å². The van der Waals surface area contributed by atoms with Gasteiger partial charge in [-0.15, -0.1) is 0 Å². The number of ketones is 1. The van der Waals surface area contributed by atoms with Gasteiger partial charge in [-0.3, -0.25) is 9.59 Å². The molecule has 5 aliphatic rings. The van der Waals surface area contributed by atoms with Crippen LogP contribution in [0.25, 0.3) is 0 Å². The van der Waals surface area contributed by atoms with Gasteiger partial charge in [0.05, 0.1) is 71.0 Å². The molecule has 8 unspecified atom stereocenters. The van der Waals surface area contributed by atoms with Crippen LogP contribution in [-0.2, 0) is 33.3 Å². The van der Waals surface area contributed by atoms with E-state index >= 15 is 0 Å². The second-order valence-electron chi connectivity index (χ2n) is 22.3. The fourth-order valence-corrected chi connectivity index (χ4v) is 12.9. The number of hydrogen-bond acceptors (Lipinski definition) is 17. The molecule has 4 saturated carbocycles. The van der Waals surface area contributed by atoms with Gasteiger partial charge in [0.15, 0.2) is 5.78 Å². The monoisotopic (exact) mass is 931 g/mol. The van der Waals surface area contributed by atoms with Gasteiger partial charge in [-0.25, -0.2) is 0 Å². The molecule has 376 valence electrons. The summed E-state index contributed by atoms with van der Waals surface area (Å²) in [6.45, 7) is 12.3. The molecule has 0 amide bonds. The lowest BCUT2D eigenvalue weighted by atomic mass is 9.33. The summed E-state index contributed by atoms with van der Waals surface area (Å²) in [7, 11) is 0. The van der Waals surface area contributed by atoms with E-state index in [1.165, 1.54) is 0 Å². The zero-order chi connectivity index (χ0) is 48.3. The normalized spacial score (nSPS) is 38.0. The number of aliphatic hydroxyl groups excluding tert-OH is 10. The lowest BCUT2D eigenvalue weighted by molar-refractivity contribution is -0.202. The highest BCUT2D eigenvalue weighted by Gasteiger charge is 2.70. The summed E-state index contributed by atoms with van der Waals surface area (Å²) in [5.41, 5.74) is -1.02. The van der Waals surface area contributed by atoms with E-state index in [0.717, 1.165) is 44.1 Å². The molecule has 17 atom stereocenters. The summed E-state index contributed by atoms with van der Waals surface area (Å²) < 4.78 is 26.4. The van der Waals surface area contributed by atoms with Gasteiger partial charge in [-0.05, 0) is 110 Å². The molecule has 0 saturated heterocycles. The summed E-state index contributed by atoms with van der Waals surface area (Å²) >= 11 is 0. The average molecular weight is 931 g/mol. The van der Waals surface area contributed by atoms with Crippen molar-refractivity contribution in [1.29, 1.82) is 0 Å². The van der Waals surface area contributed by atoms with Gasteiger partial charge in [0.25, 0.3) is 0 Å². The Morgan fingerprint density at radius 3 is 1.68 bits per heavy atom. The Kier molecular flexibility index (Phi) is 18.0. The van der Waals surface area contributed by atoms with Crippen LogP contribution in [0.4, 0.5) is 0 Å². The molecular formula is C48H82O17. The summed E-state index contributed by atoms with van der Waals surface area (Å²) in [6.07, 6.45) is -3.03. The topological polar surface area (TPSA) is 283 Å². The minimum absolute atomic E-state index is 0.0485. The van der Waals surface area contributed by atoms with Crippen molar-refractivity contribution in [3.8, 4) is 0 Å². The molecule has 5 aliphatic carbocycles. The maximum Gasteiger partial charge on any atom is 0.311 e. The predicted molar refractivity (Wildman–Crippen MR) is 235 cm³/mol. The maximum absolute atomic E-state index is 14.7. The molecule has 4 fully saturated rings. The van der Waals surface area contributed by atoms with Crippen LogP contribution < -0.4 is 0 Å². The highest BCUT2D eigenvalue weighted by Crippen LogP contribution is 2.75. The van der Waals surface area contributed by atoms with Crippen molar-refractivity contribution in [2.24, 2.45) is 50.2 Å². The van der Waals surface area contributed by atoms with Crippen LogP contribution in [-0.4, -0.2) is 184 Å². The molecule has 65 heavy (non-hydrogen) atoms. The average Bonchev–Trinajstić information content (AvgIpc) is 3.24. The number of rotatable bonds is 23. The van der Waals surface area contributed by atoms with Crippen molar-refractivity contribution < 1.29 is 84.3 Å². The van der Waals surface area contributed by atoms with Crippen LogP contribution in [0.3, 0.4) is 0 Å². The van der Waals surface area contributed by atoms with Crippen LogP contribution in [0.5, 0.6) is 0 Å². The van der Waals surface area contributed by atoms with Crippen LogP contribution in [0, 0.1) is 50.2 Å². The molecule has 0 radical (unpaired) electrons. The minimum atomic E-state index is -1.91. The molecule has 0 aromatic carbocycles. The van der Waals surface area contributed by atoms with Crippen molar-refractivity contribution in [3.63, 3.8) is 0 Å². The molecule has 17 heteroatoms. The van der Waals surface area contributed by atoms with Gasteiger partial charge in [0, 0.05) is 5.92 Å². The van der Waals surface area contributed by atoms with Crippen molar-refractivity contribution in [2.45, 2.75) is 161 Å². The number of fused-ring (bicyclic) bond motifs is 7. The second-order valence-corrected chi connectivity index (χ2v) is 22.3. The van der Waals surface area contributed by atoms with Gasteiger partial charge in [-0.2, -0.15) is 0 Å². The predicted octanol–water partition coefficient (Wildman–Crippen LogP) is 0.817. The SMILES string of the molecule is CC1(C)[C@@H](O)CC[C@]2(C)[C@H]3C(=O)C=C4[C@@H]5C[C@@](C)(C(=O)OCC(O)C(O)C(O)C(O)COCC(O)COCC(O)COCC(O)COCC(O)CO)CC[C@]5(C)CC[C@@]4(C)[C@]3(C)CC[C@@H]12. The molecular weight excluding hydrogens is 849 g/mol. The number of allylic oxidation sites excluding steroid dienone is 2. The standard InChI is InChI=1S/C48H82O17/c1-43(2)37-8-11-48(7)41(46(37,5)10-9-38(43)57)34(54)16-32-33-17-45(4,13-12-44(33,3)14-15-47(32,48)6)42(60)65-27-36(56)40(59)39(58)35(55)26-64-25-31(53)24-63-23-30(52)22-62-21-29(51)20-61-19-28(50)18-49/h16,28-31,33,35-41,49-53,55-59H,8-15,17-27H2,1-7H3/t28?,29?,30?,31?,33-,35?,36?,37-,38-,39?,40?,41+,44+,45-,46-,47+,48+/m0/s1. The molecule has 0 spiro atoms. The van der Waals surface area contributed by atoms with E-state index in [4.69, 9.17) is 28.8 Å². The fraction of sp³-hybridized carbons (Fsp3) is 0.917. The number of esters is 1. The van der Waals surface area contributed by atoms with Gasteiger partial charge >= 0.3 is 5.97 Å². The molecule has 10 N–H and O–H groups in total. The maximum atomic E-state index is 14.7. The van der Waals surface area contributed by atoms with E-state index in [0.29, 0.717) is 19.3 Å². The van der Waals surface area contributed by atoms with E-state index < -0.39 is 86.1 Å². The first kappa shape index (κ1) is 54.3. The first-order valence-electron chi connectivity index (χ1n) is 23.8. The van der Waals surface area contributed by atoms with Gasteiger partial charge < -0.3 is 74.7 Å². The van der Waals surface area contributed by atoms with Crippen LogP contribution in [0.1, 0.15) is 106 Å². The van der Waals surface area contributed by atoms with Gasteiger partial charge in [-0.1, -0.05) is 47.1 Å². The molecule has 0 aliphatic heterocycles.